The predicted molar refractivity (Wildman–Crippen MR) is 76.6 cm³/mol. The number of aromatic nitrogens is 1. The second-order valence-electron chi connectivity index (χ2n) is 4.42. The summed E-state index contributed by atoms with van der Waals surface area (Å²) in [5.41, 5.74) is 3.27. The van der Waals surface area contributed by atoms with Gasteiger partial charge in [0, 0.05) is 18.9 Å². The molecular formula is C14H13BrN2O2. The van der Waals surface area contributed by atoms with Crippen molar-refractivity contribution in [2.45, 2.75) is 13.5 Å². The molecular weight excluding hydrogens is 308 g/mol. The highest BCUT2D eigenvalue weighted by atomic mass is 79.9. The Hall–Kier alpha value is -1.75. The van der Waals surface area contributed by atoms with E-state index >= 15 is 0 Å². The van der Waals surface area contributed by atoms with Gasteiger partial charge < -0.3 is 14.8 Å². The van der Waals surface area contributed by atoms with Gasteiger partial charge in [-0.2, -0.15) is 0 Å². The molecule has 1 aliphatic rings. The van der Waals surface area contributed by atoms with Crippen molar-refractivity contribution in [2.24, 2.45) is 0 Å². The number of hydrogen-bond donors (Lipinski definition) is 1. The number of aryl methyl sites for hydroxylation is 1. The normalized spacial score (nSPS) is 12.5. The first-order valence-corrected chi connectivity index (χ1v) is 6.75. The number of rotatable bonds is 3. The Morgan fingerprint density at radius 2 is 2.16 bits per heavy atom. The third kappa shape index (κ3) is 2.66. The Morgan fingerprint density at radius 1 is 1.26 bits per heavy atom. The number of hydrogen-bond acceptors (Lipinski definition) is 4. The molecule has 98 valence electrons. The molecule has 0 atom stereocenters. The number of ether oxygens (including phenoxy) is 2. The van der Waals surface area contributed by atoms with Gasteiger partial charge in [-0.1, -0.05) is 0 Å². The summed E-state index contributed by atoms with van der Waals surface area (Å²) in [4.78, 5) is 4.16. The number of anilines is 1. The molecule has 0 radical (unpaired) electrons. The van der Waals surface area contributed by atoms with Crippen LogP contribution in [0.5, 0.6) is 11.5 Å². The van der Waals surface area contributed by atoms with Gasteiger partial charge in [-0.15, -0.1) is 0 Å². The van der Waals surface area contributed by atoms with Crippen molar-refractivity contribution >= 4 is 21.6 Å². The van der Waals surface area contributed by atoms with Crippen LogP contribution >= 0.6 is 15.9 Å². The second kappa shape index (κ2) is 5.09. The summed E-state index contributed by atoms with van der Waals surface area (Å²) in [7, 11) is 0. The topological polar surface area (TPSA) is 43.4 Å². The van der Waals surface area contributed by atoms with Crippen LogP contribution in [0.2, 0.25) is 0 Å². The molecule has 4 nitrogen and oxygen atoms in total. The molecule has 0 saturated carbocycles. The second-order valence-corrected chi connectivity index (χ2v) is 5.27. The molecule has 1 N–H and O–H groups in total. The number of nitrogens with one attached hydrogen (secondary N) is 1. The number of benzene rings is 1. The molecule has 0 aliphatic carbocycles. The first-order chi connectivity index (χ1) is 9.22. The summed E-state index contributed by atoms with van der Waals surface area (Å²) in [6.07, 6.45) is 3.65. The summed E-state index contributed by atoms with van der Waals surface area (Å²) >= 11 is 3.49. The molecule has 5 heteroatoms. The minimum atomic E-state index is 0.284. The summed E-state index contributed by atoms with van der Waals surface area (Å²) < 4.78 is 11.7. The summed E-state index contributed by atoms with van der Waals surface area (Å²) in [5, 5.41) is 3.34. The predicted octanol–water partition coefficient (Wildman–Crippen LogP) is 3.49. The molecule has 3 rings (SSSR count). The fraction of sp³-hybridized carbons (Fsp3) is 0.214. The standard InChI is InChI=1S/C14H13BrN2O2/c1-9-2-11(7-16-5-9)17-6-10-3-12(15)14-13(4-10)18-8-19-14/h2-5,7,17H,6,8H2,1H3. The molecule has 1 aromatic heterocycles. The minimum Gasteiger partial charge on any atom is -0.454 e. The van der Waals surface area contributed by atoms with Gasteiger partial charge in [-0.3, -0.25) is 4.98 Å². The highest BCUT2D eigenvalue weighted by molar-refractivity contribution is 9.10. The maximum atomic E-state index is 5.40. The van der Waals surface area contributed by atoms with Crippen LogP contribution in [0.25, 0.3) is 0 Å². The van der Waals surface area contributed by atoms with E-state index in [1.54, 1.807) is 0 Å². The van der Waals surface area contributed by atoms with Gasteiger partial charge >= 0.3 is 0 Å². The van der Waals surface area contributed by atoms with Crippen LogP contribution in [-0.2, 0) is 6.54 Å². The first kappa shape index (κ1) is 12.3. The van der Waals surface area contributed by atoms with Crippen molar-refractivity contribution in [3.8, 4) is 11.5 Å². The van der Waals surface area contributed by atoms with Gasteiger partial charge in [0.15, 0.2) is 11.5 Å². The van der Waals surface area contributed by atoms with Gasteiger partial charge in [-0.05, 0) is 52.2 Å². The van der Waals surface area contributed by atoms with Crippen LogP contribution < -0.4 is 14.8 Å². The van der Waals surface area contributed by atoms with Gasteiger partial charge in [0.1, 0.15) is 0 Å². The lowest BCUT2D eigenvalue weighted by molar-refractivity contribution is 0.173. The molecule has 0 unspecified atom stereocenters. The number of fused-ring (bicyclic) bond motifs is 1. The molecule has 2 aromatic rings. The van der Waals surface area contributed by atoms with Crippen molar-refractivity contribution in [3.63, 3.8) is 0 Å². The minimum absolute atomic E-state index is 0.284. The number of pyridine rings is 1. The van der Waals surface area contributed by atoms with Crippen molar-refractivity contribution in [2.75, 3.05) is 12.1 Å². The van der Waals surface area contributed by atoms with Crippen molar-refractivity contribution < 1.29 is 9.47 Å². The molecule has 0 bridgehead atoms. The quantitative estimate of drug-likeness (QED) is 0.940. The maximum Gasteiger partial charge on any atom is 0.231 e. The summed E-state index contributed by atoms with van der Waals surface area (Å²) in [6, 6.07) is 6.09. The van der Waals surface area contributed by atoms with Gasteiger partial charge in [0.05, 0.1) is 10.2 Å². The van der Waals surface area contributed by atoms with E-state index in [2.05, 4.69) is 32.3 Å². The lowest BCUT2D eigenvalue weighted by atomic mass is 10.2. The zero-order chi connectivity index (χ0) is 13.2. The lowest BCUT2D eigenvalue weighted by Gasteiger charge is -2.08. The van der Waals surface area contributed by atoms with Crippen LogP contribution in [0.3, 0.4) is 0 Å². The molecule has 0 fully saturated rings. The molecule has 2 heterocycles. The maximum absolute atomic E-state index is 5.40. The van der Waals surface area contributed by atoms with Gasteiger partial charge in [0.25, 0.3) is 0 Å². The van der Waals surface area contributed by atoms with Gasteiger partial charge in [-0.25, -0.2) is 0 Å². The van der Waals surface area contributed by atoms with Crippen LogP contribution in [0.15, 0.2) is 35.1 Å². The van der Waals surface area contributed by atoms with Crippen LogP contribution in [0.4, 0.5) is 5.69 Å². The van der Waals surface area contributed by atoms with E-state index in [0.717, 1.165) is 32.8 Å². The molecule has 1 aromatic carbocycles. The third-order valence-electron chi connectivity index (χ3n) is 2.86. The fourth-order valence-electron chi connectivity index (χ4n) is 1.98. The molecule has 0 amide bonds. The average molecular weight is 321 g/mol. The SMILES string of the molecule is Cc1cncc(NCc2cc(Br)c3c(c2)OCO3)c1. The largest absolute Gasteiger partial charge is 0.454 e. The van der Waals surface area contributed by atoms with Crippen molar-refractivity contribution in [1.29, 1.82) is 0 Å². The Kier molecular flexibility index (Phi) is 3.29. The smallest absolute Gasteiger partial charge is 0.231 e. The van der Waals surface area contributed by atoms with Crippen LogP contribution in [-0.4, -0.2) is 11.8 Å². The number of nitrogens with zero attached hydrogens (tertiary/aromatic N) is 1. The van der Waals surface area contributed by atoms with Crippen LogP contribution in [0, 0.1) is 6.92 Å². The molecule has 1 aliphatic heterocycles. The third-order valence-corrected chi connectivity index (χ3v) is 3.45. The first-order valence-electron chi connectivity index (χ1n) is 5.96. The zero-order valence-electron chi connectivity index (χ0n) is 10.4. The van der Waals surface area contributed by atoms with E-state index in [9.17, 15) is 0 Å². The fourth-order valence-corrected chi connectivity index (χ4v) is 2.58. The Bertz CT molecular complexity index is 616. The van der Waals surface area contributed by atoms with E-state index < -0.39 is 0 Å². The lowest BCUT2D eigenvalue weighted by Crippen LogP contribution is -2.00. The van der Waals surface area contributed by atoms with E-state index in [4.69, 9.17) is 9.47 Å². The van der Waals surface area contributed by atoms with E-state index in [-0.39, 0.29) is 6.79 Å². The van der Waals surface area contributed by atoms with Crippen LogP contribution in [0.1, 0.15) is 11.1 Å². The van der Waals surface area contributed by atoms with E-state index in [1.807, 2.05) is 31.5 Å². The summed E-state index contributed by atoms with van der Waals surface area (Å²) in [6.45, 7) is 3.02. The summed E-state index contributed by atoms with van der Waals surface area (Å²) in [5.74, 6) is 1.56. The van der Waals surface area contributed by atoms with E-state index in [1.165, 1.54) is 0 Å². The Labute approximate surface area is 119 Å². The Morgan fingerprint density at radius 3 is 3.00 bits per heavy atom. The molecule has 0 spiro atoms. The van der Waals surface area contributed by atoms with Gasteiger partial charge in [0.2, 0.25) is 6.79 Å². The zero-order valence-corrected chi connectivity index (χ0v) is 12.0. The Balaban J connectivity index is 1.76. The molecule has 0 saturated heterocycles. The van der Waals surface area contributed by atoms with E-state index in [0.29, 0.717) is 6.54 Å². The highest BCUT2D eigenvalue weighted by Gasteiger charge is 2.17. The van der Waals surface area contributed by atoms with Crippen molar-refractivity contribution in [1.82, 2.24) is 4.98 Å². The van der Waals surface area contributed by atoms with Crippen molar-refractivity contribution in [3.05, 3.63) is 46.2 Å². The highest BCUT2D eigenvalue weighted by Crippen LogP contribution is 2.40. The molecule has 19 heavy (non-hydrogen) atoms. The monoisotopic (exact) mass is 320 g/mol. The number of halogens is 1. The average Bonchev–Trinajstić information content (AvgIpc) is 2.85.